The fourth-order valence-electron chi connectivity index (χ4n) is 9.67. The van der Waals surface area contributed by atoms with Crippen molar-refractivity contribution in [2.24, 2.45) is 11.7 Å². The average molecular weight is 747 g/mol. The van der Waals surface area contributed by atoms with Gasteiger partial charge in [-0.2, -0.15) is 0 Å². The second-order valence-corrected chi connectivity index (χ2v) is 15.6. The fraction of sp³-hybridized carbons (Fsp3) is 0.432. The molecule has 288 valence electrons. The van der Waals surface area contributed by atoms with Crippen molar-refractivity contribution in [3.63, 3.8) is 0 Å². The Morgan fingerprint density at radius 3 is 2.69 bits per heavy atom. The van der Waals surface area contributed by atoms with Crippen LogP contribution < -0.4 is 35.9 Å². The van der Waals surface area contributed by atoms with Crippen LogP contribution >= 0.6 is 0 Å². The zero-order valence-corrected chi connectivity index (χ0v) is 31.9. The van der Waals surface area contributed by atoms with Gasteiger partial charge in [0.1, 0.15) is 36.1 Å². The minimum absolute atomic E-state index is 0.00367. The Labute approximate surface area is 322 Å². The number of hydrogen-bond donors (Lipinski definition) is 6. The van der Waals surface area contributed by atoms with Crippen molar-refractivity contribution in [2.75, 3.05) is 40.9 Å². The molecule has 3 aromatic rings. The van der Waals surface area contributed by atoms with Crippen molar-refractivity contribution in [2.45, 2.75) is 75.2 Å². The molecule has 5 aliphatic rings. The number of likely N-dealkylation sites (N-methyl/N-ethyl adjacent to an activating group) is 2. The van der Waals surface area contributed by atoms with Crippen LogP contribution in [0.4, 0.5) is 0 Å². The van der Waals surface area contributed by atoms with Gasteiger partial charge in [-0.1, -0.05) is 24.1 Å². The molecule has 8 rings (SSSR count). The number of allylic oxidation sites excluding steroid dienone is 3. The third-order valence-electron chi connectivity index (χ3n) is 11.9. The lowest BCUT2D eigenvalue weighted by Gasteiger charge is -2.39. The summed E-state index contributed by atoms with van der Waals surface area (Å²) in [6.07, 6.45) is 7.58. The molecule has 55 heavy (non-hydrogen) atoms. The smallest absolute Gasteiger partial charge is 0.302 e. The summed E-state index contributed by atoms with van der Waals surface area (Å²) in [4.78, 5) is 12.4. The number of fused-ring (bicyclic) bond motifs is 6. The molecule has 11 heteroatoms. The first-order chi connectivity index (χ1) is 26.6. The van der Waals surface area contributed by atoms with E-state index in [-0.39, 0.29) is 47.7 Å². The molecule has 0 aromatic heterocycles. The number of carbonyl (C=O) groups excluding carboxylic acids is 1. The lowest BCUT2D eigenvalue weighted by atomic mass is 9.65. The standard InChI is InChI=1S/C44H50N4O7/c1-24(49)53-23-34-31-9-10-32-40-28(15-29(50)17-38(40)52-4)20-44-13-12-25(19-44)14-27-8-11-39(45)48-35(27)7-5-6-26-16-36(51)37(54-30(21-46-2)22-47-3)18-33(26)42(34)55-43(31)41(32)44/h8-11,15-18,25,30,34,39,42,46-48,50-51H,6,12-14,19-23,45H2,1-4H3/t25-,34+,39?,42-,44-/m1/s1. The number of nitrogens with two attached hydrogens (primary N) is 1. The molecule has 3 aliphatic heterocycles. The largest absolute Gasteiger partial charge is 0.508 e. The van der Waals surface area contributed by atoms with E-state index in [2.05, 4.69) is 46.0 Å². The van der Waals surface area contributed by atoms with Gasteiger partial charge in [0, 0.05) is 60.2 Å². The molecule has 11 nitrogen and oxygen atoms in total. The first-order valence-corrected chi connectivity index (χ1v) is 19.2. The molecule has 2 aliphatic carbocycles. The molecule has 7 N–H and O–H groups in total. The van der Waals surface area contributed by atoms with E-state index in [1.807, 2.05) is 32.3 Å². The number of nitrogens with one attached hydrogen (secondary N) is 3. The number of phenolic OH excluding ortho intramolecular Hbond substituents is 2. The van der Waals surface area contributed by atoms with E-state index in [0.29, 0.717) is 43.3 Å². The number of methoxy groups -OCH3 is 1. The third-order valence-corrected chi connectivity index (χ3v) is 11.9. The number of benzene rings is 3. The van der Waals surface area contributed by atoms with Gasteiger partial charge in [-0.05, 0) is 105 Å². The number of ether oxygens (including phenoxy) is 4. The van der Waals surface area contributed by atoms with E-state index < -0.39 is 6.10 Å². The van der Waals surface area contributed by atoms with Crippen LogP contribution in [0.3, 0.4) is 0 Å². The van der Waals surface area contributed by atoms with Crippen molar-refractivity contribution in [3.05, 3.63) is 87.6 Å². The fourth-order valence-corrected chi connectivity index (χ4v) is 9.67. The van der Waals surface area contributed by atoms with Crippen LogP contribution in [0.1, 0.15) is 72.4 Å². The number of aromatic hydroxyl groups is 2. The average Bonchev–Trinajstić information content (AvgIpc) is 3.72. The zero-order valence-electron chi connectivity index (χ0n) is 31.9. The lowest BCUT2D eigenvalue weighted by Crippen LogP contribution is -2.37. The predicted octanol–water partition coefficient (Wildman–Crippen LogP) is 4.98. The van der Waals surface area contributed by atoms with Crippen LogP contribution in [-0.4, -0.2) is 69.4 Å². The van der Waals surface area contributed by atoms with Crippen LogP contribution in [0.25, 0.3) is 11.1 Å². The van der Waals surface area contributed by atoms with Gasteiger partial charge in [0.05, 0.1) is 24.9 Å². The molecule has 5 atom stereocenters. The number of hydrogen-bond acceptors (Lipinski definition) is 11. The molecule has 1 fully saturated rings. The number of phenols is 2. The number of rotatable bonds is 9. The van der Waals surface area contributed by atoms with Crippen molar-refractivity contribution >= 4 is 5.97 Å². The van der Waals surface area contributed by atoms with E-state index in [4.69, 9.17) is 24.7 Å². The number of esters is 1. The first-order valence-electron chi connectivity index (χ1n) is 19.2. The van der Waals surface area contributed by atoms with Gasteiger partial charge in [-0.3, -0.25) is 4.79 Å². The van der Waals surface area contributed by atoms with Gasteiger partial charge in [-0.15, -0.1) is 0 Å². The lowest BCUT2D eigenvalue weighted by molar-refractivity contribution is -0.141. The van der Waals surface area contributed by atoms with Gasteiger partial charge in [0.15, 0.2) is 11.5 Å². The molecule has 4 bridgehead atoms. The van der Waals surface area contributed by atoms with E-state index >= 15 is 0 Å². The number of carbonyl (C=O) groups is 1. The summed E-state index contributed by atoms with van der Waals surface area (Å²) in [5, 5.41) is 32.1. The Kier molecular flexibility index (Phi) is 9.92. The molecule has 0 amide bonds. The van der Waals surface area contributed by atoms with Gasteiger partial charge in [0.2, 0.25) is 0 Å². The van der Waals surface area contributed by atoms with E-state index in [1.54, 1.807) is 19.2 Å². The highest BCUT2D eigenvalue weighted by atomic mass is 16.5. The maximum absolute atomic E-state index is 12.4. The Bertz CT molecular complexity index is 2150. The highest BCUT2D eigenvalue weighted by Crippen LogP contribution is 2.62. The highest BCUT2D eigenvalue weighted by Gasteiger charge is 2.51. The Balaban J connectivity index is 1.36. The van der Waals surface area contributed by atoms with Gasteiger partial charge in [0.25, 0.3) is 0 Å². The summed E-state index contributed by atoms with van der Waals surface area (Å²) in [6.45, 7) is 2.64. The Morgan fingerprint density at radius 2 is 1.93 bits per heavy atom. The molecule has 3 heterocycles. The molecule has 1 saturated carbocycles. The maximum atomic E-state index is 12.4. The highest BCUT2D eigenvalue weighted by molar-refractivity contribution is 5.84. The zero-order chi connectivity index (χ0) is 38.4. The molecule has 1 spiro atoms. The second kappa shape index (κ2) is 14.8. The maximum Gasteiger partial charge on any atom is 0.302 e. The summed E-state index contributed by atoms with van der Waals surface area (Å²) >= 11 is 0. The quantitative estimate of drug-likeness (QED) is 0.130. The van der Waals surface area contributed by atoms with Crippen LogP contribution in [0.2, 0.25) is 0 Å². The third kappa shape index (κ3) is 6.77. The molecular formula is C44H50N4O7. The van der Waals surface area contributed by atoms with Gasteiger partial charge in [-0.25, -0.2) is 0 Å². The Hall–Kier alpha value is -5.15. The normalized spacial score (nSPS) is 24.3. The minimum Gasteiger partial charge on any atom is -0.508 e. The molecule has 1 unspecified atom stereocenters. The summed E-state index contributed by atoms with van der Waals surface area (Å²) in [5.41, 5.74) is 14.7. The van der Waals surface area contributed by atoms with Crippen LogP contribution in [0.5, 0.6) is 28.7 Å². The van der Waals surface area contributed by atoms with Crippen LogP contribution in [-0.2, 0) is 27.8 Å². The number of dihydropyridines is 1. The van der Waals surface area contributed by atoms with Crippen LogP contribution in [0, 0.1) is 17.8 Å². The summed E-state index contributed by atoms with van der Waals surface area (Å²) in [5.74, 6) is 8.34. The molecular weight excluding hydrogens is 697 g/mol. The van der Waals surface area contributed by atoms with E-state index in [0.717, 1.165) is 81.6 Å². The SMILES string of the molecule is CNCC(CNC)Oc1cc2c(cc1O)CC#CC1=C(C=CC(N)N1)C[C@H]1CC[C@]3(Cc4cc(O)cc(OC)c4-c4ccc5c(c43)O[C@H]2[C@H]5COC(C)=O)C1. The monoisotopic (exact) mass is 746 g/mol. The molecule has 0 saturated heterocycles. The minimum atomic E-state index is -0.589. The van der Waals surface area contributed by atoms with Crippen molar-refractivity contribution < 1.29 is 34.0 Å². The van der Waals surface area contributed by atoms with Crippen molar-refractivity contribution in [1.82, 2.24) is 16.0 Å². The molecule has 0 radical (unpaired) electrons. The van der Waals surface area contributed by atoms with Crippen molar-refractivity contribution in [3.8, 4) is 51.7 Å². The summed E-state index contributed by atoms with van der Waals surface area (Å²) in [7, 11) is 5.36. The first kappa shape index (κ1) is 36.8. The van der Waals surface area contributed by atoms with Crippen molar-refractivity contribution in [1.29, 1.82) is 0 Å². The van der Waals surface area contributed by atoms with Gasteiger partial charge >= 0.3 is 5.97 Å². The predicted molar refractivity (Wildman–Crippen MR) is 209 cm³/mol. The second-order valence-electron chi connectivity index (χ2n) is 15.6. The van der Waals surface area contributed by atoms with E-state index in [9.17, 15) is 15.0 Å². The van der Waals surface area contributed by atoms with Crippen LogP contribution in [0.15, 0.2) is 59.8 Å². The van der Waals surface area contributed by atoms with E-state index in [1.165, 1.54) is 6.92 Å². The Morgan fingerprint density at radius 1 is 1.11 bits per heavy atom. The molecule has 3 aromatic carbocycles. The topological polar surface area (TPSA) is 157 Å². The van der Waals surface area contributed by atoms with Gasteiger partial charge < -0.3 is 50.8 Å². The summed E-state index contributed by atoms with van der Waals surface area (Å²) in [6, 6.07) is 11.4. The summed E-state index contributed by atoms with van der Waals surface area (Å²) < 4.78 is 25.5.